The average molecular weight is 779 g/mol. The first-order chi connectivity index (χ1) is 27.0. The monoisotopic (exact) mass is 778 g/mol. The van der Waals surface area contributed by atoms with Gasteiger partial charge in [0.25, 0.3) is 0 Å². The van der Waals surface area contributed by atoms with Crippen LogP contribution in [-0.4, -0.2) is 45.3 Å². The minimum absolute atomic E-state index is 0.138. The first-order valence-electron chi connectivity index (χ1n) is 19.6. The second-order valence-electron chi connectivity index (χ2n) is 18.8. The van der Waals surface area contributed by atoms with E-state index in [2.05, 4.69) is 0 Å². The number of hydrogen-bond acceptors (Lipinski definition) is 8. The molecule has 0 amide bonds. The van der Waals surface area contributed by atoms with Crippen LogP contribution in [0.1, 0.15) is 128 Å². The molecule has 0 saturated carbocycles. The minimum atomic E-state index is -0.300. The molecule has 302 valence electrons. The molecule has 5 aromatic rings. The van der Waals surface area contributed by atoms with Gasteiger partial charge in [-0.1, -0.05) is 132 Å². The Bertz CT molecular complexity index is 2090. The number of hydrogen-bond donors (Lipinski definition) is 4. The Morgan fingerprint density at radius 2 is 0.517 bits per heavy atom. The van der Waals surface area contributed by atoms with Crippen LogP contribution < -0.4 is 0 Å². The third kappa shape index (κ3) is 9.91. The molecule has 0 unspecified atom stereocenters. The summed E-state index contributed by atoms with van der Waals surface area (Å²) in [5, 5.41) is 45.2. The number of aliphatic imine (C=N–C) groups is 4. The predicted octanol–water partition coefficient (Wildman–Crippen LogP) is 12.7. The fourth-order valence-electron chi connectivity index (χ4n) is 6.61. The molecular formula is C50H58N4O4. The third-order valence-electron chi connectivity index (χ3n) is 9.94. The van der Waals surface area contributed by atoms with Crippen molar-refractivity contribution in [3.05, 3.63) is 129 Å². The molecule has 0 aliphatic rings. The van der Waals surface area contributed by atoms with Gasteiger partial charge in [0.05, 0.1) is 22.7 Å². The number of benzene rings is 5. The zero-order chi connectivity index (χ0) is 42.8. The van der Waals surface area contributed by atoms with Crippen LogP contribution in [0.3, 0.4) is 0 Å². The normalized spacial score (nSPS) is 13.2. The molecule has 0 aromatic heterocycles. The highest BCUT2D eigenvalue weighted by Gasteiger charge is 2.23. The molecule has 58 heavy (non-hydrogen) atoms. The van der Waals surface area contributed by atoms with Crippen LogP contribution in [-0.2, 0) is 21.7 Å². The number of para-hydroxylation sites is 4. The summed E-state index contributed by atoms with van der Waals surface area (Å²) in [4.78, 5) is 19.5. The Morgan fingerprint density at radius 3 is 0.690 bits per heavy atom. The van der Waals surface area contributed by atoms with Gasteiger partial charge in [-0.3, -0.25) is 20.0 Å². The average Bonchev–Trinajstić information content (AvgIpc) is 3.11. The smallest absolute Gasteiger partial charge is 0.128 e. The number of rotatable bonds is 8. The van der Waals surface area contributed by atoms with E-state index in [9.17, 15) is 20.4 Å². The van der Waals surface area contributed by atoms with Gasteiger partial charge < -0.3 is 20.4 Å². The molecule has 0 aliphatic heterocycles. The summed E-state index contributed by atoms with van der Waals surface area (Å²) in [5.41, 5.74) is 5.73. The lowest BCUT2D eigenvalue weighted by Crippen LogP contribution is -2.11. The van der Waals surface area contributed by atoms with Crippen LogP contribution in [0.2, 0.25) is 0 Å². The van der Waals surface area contributed by atoms with Crippen molar-refractivity contribution in [1.82, 2.24) is 0 Å². The summed E-state index contributed by atoms with van der Waals surface area (Å²) in [5.74, 6) is 0.551. The lowest BCUT2D eigenvalue weighted by atomic mass is 9.85. The maximum absolute atomic E-state index is 11.3. The first kappa shape index (κ1) is 43.1. The van der Waals surface area contributed by atoms with Gasteiger partial charge in [0, 0.05) is 47.1 Å². The van der Waals surface area contributed by atoms with E-state index in [-0.39, 0.29) is 44.7 Å². The SMILES string of the molecule is CC(C)(C)c1cccc(C=Nc2cc(N=Cc3cccc(C(C)(C)C)c3O)c(N=Cc3cccc(C(C)(C)C)c3O)cc2N=Cc2cccc(C(C)(C)C)c2O)c1O. The number of phenolic OH excluding ortho intramolecular Hbond substituents is 4. The molecule has 0 heterocycles. The number of phenols is 4. The molecule has 5 aromatic carbocycles. The first-order valence-corrected chi connectivity index (χ1v) is 19.6. The molecule has 5 rings (SSSR count). The molecule has 0 atom stereocenters. The topological polar surface area (TPSA) is 130 Å². The zero-order valence-electron chi connectivity index (χ0n) is 36.0. The summed E-state index contributed by atoms with van der Waals surface area (Å²) >= 11 is 0. The van der Waals surface area contributed by atoms with Crippen LogP contribution >= 0.6 is 0 Å². The van der Waals surface area contributed by atoms with Crippen molar-refractivity contribution in [2.75, 3.05) is 0 Å². The van der Waals surface area contributed by atoms with Gasteiger partial charge in [0.15, 0.2) is 0 Å². The molecule has 8 heteroatoms. The van der Waals surface area contributed by atoms with Gasteiger partial charge in [-0.05, 0) is 80.3 Å². The Kier molecular flexibility index (Phi) is 12.2. The van der Waals surface area contributed by atoms with E-state index in [0.717, 1.165) is 22.3 Å². The fraction of sp³-hybridized carbons (Fsp3) is 0.320. The summed E-state index contributed by atoms with van der Waals surface area (Å²) in [6.07, 6.45) is 6.40. The van der Waals surface area contributed by atoms with Gasteiger partial charge in [-0.2, -0.15) is 0 Å². The fourth-order valence-corrected chi connectivity index (χ4v) is 6.61. The van der Waals surface area contributed by atoms with Gasteiger partial charge in [0.1, 0.15) is 23.0 Å². The lowest BCUT2D eigenvalue weighted by Gasteiger charge is -2.21. The molecule has 0 saturated heterocycles. The zero-order valence-corrected chi connectivity index (χ0v) is 36.0. The van der Waals surface area contributed by atoms with E-state index in [1.807, 2.05) is 132 Å². The highest BCUT2D eigenvalue weighted by molar-refractivity contribution is 5.95. The van der Waals surface area contributed by atoms with E-state index in [4.69, 9.17) is 20.0 Å². The largest absolute Gasteiger partial charge is 0.507 e. The van der Waals surface area contributed by atoms with Crippen molar-refractivity contribution < 1.29 is 20.4 Å². The standard InChI is InChI=1S/C50H58N4O4/c1-47(2,3)35-21-13-17-31(43(35)55)27-51-39-25-41(53-29-33-19-15-23-37(45(33)57)49(7,8)9)42(54-30-34-20-16-24-38(46(34)58)50(10,11)12)26-40(39)52-28-32-18-14-22-36(44(32)56)48(4,5)6/h13-30,55-58H,1-12H3. The lowest BCUT2D eigenvalue weighted by molar-refractivity contribution is 0.445. The van der Waals surface area contributed by atoms with Crippen molar-refractivity contribution in [2.45, 2.75) is 105 Å². The van der Waals surface area contributed by atoms with Crippen LogP contribution in [0.25, 0.3) is 0 Å². The summed E-state index contributed by atoms with van der Waals surface area (Å²) in [6.45, 7) is 24.5. The maximum Gasteiger partial charge on any atom is 0.128 e. The molecule has 0 fully saturated rings. The van der Waals surface area contributed by atoms with E-state index >= 15 is 0 Å². The number of nitrogens with zero attached hydrogens (tertiary/aromatic N) is 4. The highest BCUT2D eigenvalue weighted by Crippen LogP contribution is 2.42. The summed E-state index contributed by atoms with van der Waals surface area (Å²) in [7, 11) is 0. The quantitative estimate of drug-likeness (QED) is 0.117. The summed E-state index contributed by atoms with van der Waals surface area (Å²) in [6, 6.07) is 25.9. The summed E-state index contributed by atoms with van der Waals surface area (Å²) < 4.78 is 0. The molecule has 4 N–H and O–H groups in total. The minimum Gasteiger partial charge on any atom is -0.507 e. The Morgan fingerprint density at radius 1 is 0.328 bits per heavy atom. The van der Waals surface area contributed by atoms with E-state index in [1.165, 1.54) is 0 Å². The molecule has 0 radical (unpaired) electrons. The van der Waals surface area contributed by atoms with Crippen molar-refractivity contribution in [3.63, 3.8) is 0 Å². The van der Waals surface area contributed by atoms with Gasteiger partial charge >= 0.3 is 0 Å². The van der Waals surface area contributed by atoms with Gasteiger partial charge in [-0.25, -0.2) is 0 Å². The van der Waals surface area contributed by atoms with Crippen LogP contribution in [0.4, 0.5) is 22.7 Å². The van der Waals surface area contributed by atoms with Crippen molar-refractivity contribution in [1.29, 1.82) is 0 Å². The molecule has 0 aliphatic carbocycles. The Labute approximate surface area is 344 Å². The number of aromatic hydroxyl groups is 4. The molecule has 8 nitrogen and oxygen atoms in total. The maximum atomic E-state index is 11.3. The molecular weight excluding hydrogens is 721 g/mol. The van der Waals surface area contributed by atoms with Crippen LogP contribution in [0, 0.1) is 0 Å². The van der Waals surface area contributed by atoms with Gasteiger partial charge in [-0.15, -0.1) is 0 Å². The van der Waals surface area contributed by atoms with Gasteiger partial charge in [0.2, 0.25) is 0 Å². The van der Waals surface area contributed by atoms with Crippen LogP contribution in [0.5, 0.6) is 23.0 Å². The predicted molar refractivity (Wildman–Crippen MR) is 243 cm³/mol. The Balaban J connectivity index is 1.76. The molecule has 0 bridgehead atoms. The highest BCUT2D eigenvalue weighted by atomic mass is 16.3. The van der Waals surface area contributed by atoms with Crippen LogP contribution in [0.15, 0.2) is 105 Å². The van der Waals surface area contributed by atoms with E-state index < -0.39 is 0 Å². The Hall–Kier alpha value is -6.02. The van der Waals surface area contributed by atoms with Crippen molar-refractivity contribution in [3.8, 4) is 23.0 Å². The third-order valence-corrected chi connectivity index (χ3v) is 9.94. The van der Waals surface area contributed by atoms with Crippen molar-refractivity contribution in [2.24, 2.45) is 20.0 Å². The van der Waals surface area contributed by atoms with E-state index in [0.29, 0.717) is 45.0 Å². The van der Waals surface area contributed by atoms with Crippen molar-refractivity contribution >= 4 is 47.6 Å². The molecule has 0 spiro atoms. The van der Waals surface area contributed by atoms with E-state index in [1.54, 1.807) is 61.3 Å². The second kappa shape index (κ2) is 16.5. The second-order valence-corrected chi connectivity index (χ2v) is 18.8.